The summed E-state index contributed by atoms with van der Waals surface area (Å²) in [6.45, 7) is 0.490. The first-order valence-corrected chi connectivity index (χ1v) is 8.64. The van der Waals surface area contributed by atoms with Crippen molar-refractivity contribution in [3.8, 4) is 29.2 Å². The largest absolute Gasteiger partial charge is 0.493 e. The van der Waals surface area contributed by atoms with Crippen LogP contribution in [0.4, 0.5) is 5.88 Å². The highest BCUT2D eigenvalue weighted by molar-refractivity contribution is 5.54. The van der Waals surface area contributed by atoms with E-state index in [-0.39, 0.29) is 17.6 Å². The van der Waals surface area contributed by atoms with E-state index < -0.39 is 0 Å². The van der Waals surface area contributed by atoms with Gasteiger partial charge in [-0.1, -0.05) is 6.07 Å². The minimum Gasteiger partial charge on any atom is -0.493 e. The average Bonchev–Trinajstić information content (AvgIpc) is 3.37. The summed E-state index contributed by atoms with van der Waals surface area (Å²) in [7, 11) is 7.16. The fraction of sp³-hybridized carbons (Fsp3) is 0.300. The van der Waals surface area contributed by atoms with E-state index in [1.54, 1.807) is 26.4 Å². The van der Waals surface area contributed by atoms with Crippen molar-refractivity contribution in [3.63, 3.8) is 0 Å². The van der Waals surface area contributed by atoms with Gasteiger partial charge in [0.15, 0.2) is 17.3 Å². The summed E-state index contributed by atoms with van der Waals surface area (Å²) >= 11 is 0. The highest BCUT2D eigenvalue weighted by atomic mass is 16.5. The molecule has 0 saturated carbocycles. The van der Waals surface area contributed by atoms with Gasteiger partial charge in [-0.05, 0) is 43.9 Å². The number of hydrogen-bond acceptors (Lipinski definition) is 8. The van der Waals surface area contributed by atoms with E-state index in [2.05, 4.69) is 15.2 Å². The van der Waals surface area contributed by atoms with Gasteiger partial charge in [0.2, 0.25) is 11.6 Å². The molecular weight excluding hydrogens is 360 g/mol. The van der Waals surface area contributed by atoms with Crippen LogP contribution in [0.5, 0.6) is 11.5 Å². The van der Waals surface area contributed by atoms with Crippen molar-refractivity contribution in [2.75, 3.05) is 40.2 Å². The van der Waals surface area contributed by atoms with E-state index in [0.29, 0.717) is 29.7 Å². The number of anilines is 1. The molecule has 0 bridgehead atoms. The Hall–Kier alpha value is -3.44. The number of nitrogens with one attached hydrogen (secondary N) is 1. The lowest BCUT2D eigenvalue weighted by Crippen LogP contribution is -2.27. The van der Waals surface area contributed by atoms with Crippen LogP contribution in [0.2, 0.25) is 0 Å². The van der Waals surface area contributed by atoms with Gasteiger partial charge >= 0.3 is 0 Å². The maximum absolute atomic E-state index is 9.36. The molecule has 0 radical (unpaired) electrons. The van der Waals surface area contributed by atoms with Crippen molar-refractivity contribution in [1.82, 2.24) is 9.88 Å². The quantitative estimate of drug-likeness (QED) is 0.632. The van der Waals surface area contributed by atoms with Crippen LogP contribution in [0, 0.1) is 11.3 Å². The van der Waals surface area contributed by atoms with Gasteiger partial charge < -0.3 is 28.5 Å². The first kappa shape index (κ1) is 19.3. The third-order valence-electron chi connectivity index (χ3n) is 4.34. The molecule has 0 aliphatic heterocycles. The highest BCUT2D eigenvalue weighted by Gasteiger charge is 2.20. The summed E-state index contributed by atoms with van der Waals surface area (Å²) in [5, 5.41) is 12.5. The Morgan fingerprint density at radius 2 is 2.00 bits per heavy atom. The minimum atomic E-state index is -0.0106. The number of benzene rings is 1. The molecule has 8 heteroatoms. The smallest absolute Gasteiger partial charge is 0.266 e. The second kappa shape index (κ2) is 8.50. The van der Waals surface area contributed by atoms with Crippen molar-refractivity contribution in [2.24, 2.45) is 0 Å². The molecule has 3 rings (SSSR count). The number of ether oxygens (including phenoxy) is 2. The number of nitrogens with zero attached hydrogens (tertiary/aromatic N) is 3. The van der Waals surface area contributed by atoms with Crippen LogP contribution in [0.15, 0.2) is 45.4 Å². The van der Waals surface area contributed by atoms with Gasteiger partial charge in [0.05, 0.1) is 26.5 Å². The van der Waals surface area contributed by atoms with Crippen LogP contribution >= 0.6 is 0 Å². The van der Waals surface area contributed by atoms with Crippen LogP contribution in [-0.4, -0.2) is 44.7 Å². The topological polar surface area (TPSA) is 96.7 Å². The molecule has 0 spiro atoms. The van der Waals surface area contributed by atoms with E-state index in [4.69, 9.17) is 18.3 Å². The second-order valence-electron chi connectivity index (χ2n) is 6.26. The Morgan fingerprint density at radius 1 is 1.21 bits per heavy atom. The lowest BCUT2D eigenvalue weighted by Gasteiger charge is -2.25. The van der Waals surface area contributed by atoms with Crippen molar-refractivity contribution in [2.45, 2.75) is 6.04 Å². The number of nitriles is 1. The normalized spacial score (nSPS) is 11.9. The zero-order chi connectivity index (χ0) is 20.1. The lowest BCUT2D eigenvalue weighted by molar-refractivity contribution is 0.307. The zero-order valence-electron chi connectivity index (χ0n) is 16.2. The molecule has 0 aliphatic carbocycles. The van der Waals surface area contributed by atoms with Gasteiger partial charge in [-0.3, -0.25) is 0 Å². The van der Waals surface area contributed by atoms with Crippen LogP contribution in [0.25, 0.3) is 11.7 Å². The molecule has 1 atom stereocenters. The second-order valence-corrected chi connectivity index (χ2v) is 6.26. The molecule has 1 unspecified atom stereocenters. The summed E-state index contributed by atoms with van der Waals surface area (Å²) in [6, 6.07) is 11.3. The lowest BCUT2D eigenvalue weighted by atomic mass is 10.1. The summed E-state index contributed by atoms with van der Waals surface area (Å²) in [6.07, 6.45) is 1.53. The first-order chi connectivity index (χ1) is 13.6. The Morgan fingerprint density at radius 3 is 2.61 bits per heavy atom. The van der Waals surface area contributed by atoms with E-state index in [9.17, 15) is 5.26 Å². The molecule has 1 N–H and O–H groups in total. The maximum atomic E-state index is 9.36. The van der Waals surface area contributed by atoms with Crippen LogP contribution < -0.4 is 14.8 Å². The van der Waals surface area contributed by atoms with E-state index in [1.165, 1.54) is 6.26 Å². The van der Waals surface area contributed by atoms with Gasteiger partial charge in [0, 0.05) is 6.54 Å². The molecule has 2 heterocycles. The summed E-state index contributed by atoms with van der Waals surface area (Å²) in [4.78, 5) is 6.24. The predicted molar refractivity (Wildman–Crippen MR) is 103 cm³/mol. The fourth-order valence-corrected chi connectivity index (χ4v) is 2.87. The Labute approximate surface area is 163 Å². The van der Waals surface area contributed by atoms with Crippen LogP contribution in [0.1, 0.15) is 17.3 Å². The van der Waals surface area contributed by atoms with Gasteiger partial charge in [0.1, 0.15) is 6.07 Å². The Bertz CT molecular complexity index is 957. The fourth-order valence-electron chi connectivity index (χ4n) is 2.87. The molecule has 0 saturated heterocycles. The molecule has 146 valence electrons. The molecule has 0 amide bonds. The number of aromatic nitrogens is 1. The molecule has 3 aromatic rings. The SMILES string of the molecule is COc1ccc(C(CNc2oc(-c3ccco3)nc2C#N)N(C)C)cc1OC. The van der Waals surface area contributed by atoms with Crippen molar-refractivity contribution in [3.05, 3.63) is 47.9 Å². The standard InChI is InChI=1S/C20H22N4O4/c1-24(2)15(13-7-8-16(25-3)18(10-13)26-4)12-22-19-14(11-21)23-20(28-19)17-6-5-9-27-17/h5-10,15,22H,12H2,1-4H3. The Balaban J connectivity index is 1.82. The van der Waals surface area contributed by atoms with Crippen LogP contribution in [-0.2, 0) is 0 Å². The monoisotopic (exact) mass is 382 g/mol. The third-order valence-corrected chi connectivity index (χ3v) is 4.34. The molecule has 1 aromatic carbocycles. The number of hydrogen-bond donors (Lipinski definition) is 1. The number of furan rings is 1. The van der Waals surface area contributed by atoms with Gasteiger partial charge in [-0.2, -0.15) is 10.2 Å². The molecular formula is C20H22N4O4. The van der Waals surface area contributed by atoms with Crippen molar-refractivity contribution in [1.29, 1.82) is 5.26 Å². The number of oxazole rings is 1. The van der Waals surface area contributed by atoms with E-state index in [1.807, 2.05) is 38.4 Å². The van der Waals surface area contributed by atoms with E-state index in [0.717, 1.165) is 5.56 Å². The minimum absolute atomic E-state index is 0.0106. The van der Waals surface area contributed by atoms with Gasteiger partial charge in [-0.15, -0.1) is 0 Å². The predicted octanol–water partition coefficient (Wildman–Crippen LogP) is 3.54. The average molecular weight is 382 g/mol. The Kier molecular flexibility index (Phi) is 5.87. The van der Waals surface area contributed by atoms with Crippen molar-refractivity contribution < 1.29 is 18.3 Å². The first-order valence-electron chi connectivity index (χ1n) is 8.64. The molecule has 0 aliphatic rings. The molecule has 2 aromatic heterocycles. The van der Waals surface area contributed by atoms with Crippen molar-refractivity contribution >= 4 is 5.88 Å². The summed E-state index contributed by atoms with van der Waals surface area (Å²) in [5.41, 5.74) is 1.20. The highest BCUT2D eigenvalue weighted by Crippen LogP contribution is 2.32. The molecule has 28 heavy (non-hydrogen) atoms. The molecule has 0 fully saturated rings. The van der Waals surface area contributed by atoms with Crippen LogP contribution in [0.3, 0.4) is 0 Å². The third kappa shape index (κ3) is 3.94. The number of methoxy groups -OCH3 is 2. The number of likely N-dealkylation sites (N-methyl/N-ethyl adjacent to an activating group) is 1. The number of rotatable bonds is 8. The zero-order valence-corrected chi connectivity index (χ0v) is 16.2. The summed E-state index contributed by atoms with van der Waals surface area (Å²) < 4.78 is 21.7. The van der Waals surface area contributed by atoms with Gasteiger partial charge in [0.25, 0.3) is 5.89 Å². The molecule has 8 nitrogen and oxygen atoms in total. The van der Waals surface area contributed by atoms with Gasteiger partial charge in [-0.25, -0.2) is 0 Å². The van der Waals surface area contributed by atoms with E-state index >= 15 is 0 Å². The summed E-state index contributed by atoms with van der Waals surface area (Å²) in [5.74, 6) is 2.36. The maximum Gasteiger partial charge on any atom is 0.266 e.